The lowest BCUT2D eigenvalue weighted by molar-refractivity contribution is 0.179. The zero-order valence-electron chi connectivity index (χ0n) is 13.2. The normalized spacial score (nSPS) is 12.7. The van der Waals surface area contributed by atoms with Crippen LogP contribution in [0.15, 0.2) is 47.6 Å². The number of aromatic nitrogens is 2. The molecule has 1 heterocycles. The molecule has 0 aliphatic carbocycles. The zero-order valence-corrected chi connectivity index (χ0v) is 14.0. The van der Waals surface area contributed by atoms with Crippen molar-refractivity contribution in [2.75, 3.05) is 5.75 Å². The largest absolute Gasteiger partial charge is 0.508 e. The van der Waals surface area contributed by atoms with E-state index in [0.717, 1.165) is 15.9 Å². The number of aliphatic hydroxyl groups excluding tert-OH is 1. The van der Waals surface area contributed by atoms with E-state index in [0.29, 0.717) is 12.3 Å². The number of aromatic hydroxyl groups is 1. The molecule has 2 N–H and O–H groups in total. The third-order valence-corrected chi connectivity index (χ3v) is 5.08. The maximum atomic E-state index is 10.3. The van der Waals surface area contributed by atoms with Crippen LogP contribution >= 0.6 is 11.8 Å². The van der Waals surface area contributed by atoms with Crippen LogP contribution in [0, 0.1) is 13.8 Å². The number of hydrogen-bond acceptors (Lipinski definition) is 4. The van der Waals surface area contributed by atoms with Gasteiger partial charge < -0.3 is 14.8 Å². The van der Waals surface area contributed by atoms with Crippen LogP contribution in [0.25, 0.3) is 11.0 Å². The van der Waals surface area contributed by atoms with E-state index < -0.39 is 6.10 Å². The minimum atomic E-state index is -0.465. The molecule has 1 unspecified atom stereocenters. The van der Waals surface area contributed by atoms with E-state index in [2.05, 4.69) is 31.0 Å². The standard InChI is InChI=1S/C18H20N2O2S/c1-12-7-17-18(8-13(12)2)20(11-19-17)9-15(22)10-23-16-5-3-14(21)4-6-16/h3-8,11,15,21-22H,9-10H2,1-2H3. The Morgan fingerprint density at radius 3 is 2.57 bits per heavy atom. The molecule has 0 aliphatic heterocycles. The SMILES string of the molecule is Cc1cc2ncn(CC(O)CSc3ccc(O)cc3)c2cc1C. The molecule has 3 rings (SSSR count). The van der Waals surface area contributed by atoms with Crippen molar-refractivity contribution in [3.05, 3.63) is 53.9 Å². The van der Waals surface area contributed by atoms with Crippen molar-refractivity contribution in [2.45, 2.75) is 31.4 Å². The molecule has 0 saturated heterocycles. The Kier molecular flexibility index (Phi) is 4.59. The number of thioether (sulfide) groups is 1. The second-order valence-corrected chi connectivity index (χ2v) is 6.87. The first-order valence-corrected chi connectivity index (χ1v) is 8.53. The van der Waals surface area contributed by atoms with Crippen molar-refractivity contribution in [1.82, 2.24) is 9.55 Å². The van der Waals surface area contributed by atoms with Crippen LogP contribution in [0.1, 0.15) is 11.1 Å². The molecule has 4 nitrogen and oxygen atoms in total. The van der Waals surface area contributed by atoms with E-state index in [1.165, 1.54) is 11.1 Å². The predicted molar refractivity (Wildman–Crippen MR) is 94.0 cm³/mol. The minimum absolute atomic E-state index is 0.255. The van der Waals surface area contributed by atoms with Crippen LogP contribution in [0.5, 0.6) is 5.75 Å². The van der Waals surface area contributed by atoms with Crippen molar-refractivity contribution in [1.29, 1.82) is 0 Å². The van der Waals surface area contributed by atoms with E-state index >= 15 is 0 Å². The summed E-state index contributed by atoms with van der Waals surface area (Å²) in [6.07, 6.45) is 1.32. The molecule has 0 radical (unpaired) electrons. The second-order valence-electron chi connectivity index (χ2n) is 5.78. The highest BCUT2D eigenvalue weighted by atomic mass is 32.2. The summed E-state index contributed by atoms with van der Waals surface area (Å²) in [4.78, 5) is 5.45. The van der Waals surface area contributed by atoms with Crippen molar-refractivity contribution < 1.29 is 10.2 Å². The summed E-state index contributed by atoms with van der Waals surface area (Å²) >= 11 is 1.58. The van der Waals surface area contributed by atoms with Gasteiger partial charge in [0.25, 0.3) is 0 Å². The number of rotatable bonds is 5. The first-order valence-electron chi connectivity index (χ1n) is 7.55. The van der Waals surface area contributed by atoms with Crippen LogP contribution in [0.3, 0.4) is 0 Å². The number of nitrogens with zero attached hydrogens (tertiary/aromatic N) is 2. The highest BCUT2D eigenvalue weighted by Crippen LogP contribution is 2.23. The van der Waals surface area contributed by atoms with E-state index in [1.807, 2.05) is 16.7 Å². The molecule has 120 valence electrons. The quantitative estimate of drug-likeness (QED) is 0.704. The summed E-state index contributed by atoms with van der Waals surface area (Å²) in [5.41, 5.74) is 4.48. The van der Waals surface area contributed by atoms with E-state index in [-0.39, 0.29) is 5.75 Å². The third kappa shape index (κ3) is 3.68. The molecule has 23 heavy (non-hydrogen) atoms. The third-order valence-electron chi connectivity index (χ3n) is 3.92. The molecule has 5 heteroatoms. The average molecular weight is 328 g/mol. The second kappa shape index (κ2) is 6.64. The summed E-state index contributed by atoms with van der Waals surface area (Å²) in [6, 6.07) is 11.2. The first-order chi connectivity index (χ1) is 11.0. The maximum absolute atomic E-state index is 10.3. The fourth-order valence-corrected chi connectivity index (χ4v) is 3.29. The number of fused-ring (bicyclic) bond motifs is 1. The monoisotopic (exact) mass is 328 g/mol. The van der Waals surface area contributed by atoms with Crippen LogP contribution in [-0.4, -0.2) is 31.6 Å². The fourth-order valence-electron chi connectivity index (χ4n) is 2.47. The Balaban J connectivity index is 1.67. The highest BCUT2D eigenvalue weighted by Gasteiger charge is 2.10. The van der Waals surface area contributed by atoms with Crippen molar-refractivity contribution in [3.63, 3.8) is 0 Å². The Hall–Kier alpha value is -1.98. The number of phenols is 1. The molecule has 1 aromatic heterocycles. The molecule has 0 bridgehead atoms. The van der Waals surface area contributed by atoms with Crippen molar-refractivity contribution >= 4 is 22.8 Å². The Labute approximate surface area is 139 Å². The van der Waals surface area contributed by atoms with Gasteiger partial charge in [-0.05, 0) is 61.4 Å². The molecule has 0 saturated carbocycles. The van der Waals surface area contributed by atoms with Gasteiger partial charge in [-0.3, -0.25) is 0 Å². The van der Waals surface area contributed by atoms with E-state index in [9.17, 15) is 10.2 Å². The Morgan fingerprint density at radius 2 is 1.83 bits per heavy atom. The average Bonchev–Trinajstić information content (AvgIpc) is 2.89. The fraction of sp³-hybridized carbons (Fsp3) is 0.278. The van der Waals surface area contributed by atoms with Crippen LogP contribution in [-0.2, 0) is 6.54 Å². The van der Waals surface area contributed by atoms with E-state index in [4.69, 9.17) is 0 Å². The summed E-state index contributed by atoms with van der Waals surface area (Å²) in [5.74, 6) is 0.848. The van der Waals surface area contributed by atoms with Gasteiger partial charge in [0.15, 0.2) is 0 Å². The number of phenolic OH excluding ortho intramolecular Hbond substituents is 1. The molecule has 1 atom stereocenters. The maximum Gasteiger partial charge on any atom is 0.115 e. The molecule has 2 aromatic carbocycles. The smallest absolute Gasteiger partial charge is 0.115 e. The number of aryl methyl sites for hydroxylation is 2. The number of hydrogen-bond donors (Lipinski definition) is 2. The van der Waals surface area contributed by atoms with Gasteiger partial charge in [0.1, 0.15) is 5.75 Å². The Bertz CT molecular complexity index is 812. The first kappa shape index (κ1) is 15.9. The molecule has 0 spiro atoms. The molecular weight excluding hydrogens is 308 g/mol. The van der Waals surface area contributed by atoms with Gasteiger partial charge in [-0.1, -0.05) is 0 Å². The van der Waals surface area contributed by atoms with Gasteiger partial charge in [0.2, 0.25) is 0 Å². The van der Waals surface area contributed by atoms with Gasteiger partial charge in [-0.15, -0.1) is 11.8 Å². The van der Waals surface area contributed by atoms with Gasteiger partial charge in [0, 0.05) is 10.6 Å². The van der Waals surface area contributed by atoms with Crippen LogP contribution in [0.4, 0.5) is 0 Å². The summed E-state index contributed by atoms with van der Waals surface area (Å²) in [6.45, 7) is 4.68. The number of imidazole rings is 1. The van der Waals surface area contributed by atoms with Gasteiger partial charge in [0.05, 0.1) is 30.0 Å². The summed E-state index contributed by atoms with van der Waals surface area (Å²) in [7, 11) is 0. The van der Waals surface area contributed by atoms with Crippen molar-refractivity contribution in [3.8, 4) is 5.75 Å². The van der Waals surface area contributed by atoms with Crippen molar-refractivity contribution in [2.24, 2.45) is 0 Å². The van der Waals surface area contributed by atoms with Crippen LogP contribution in [0.2, 0.25) is 0 Å². The lowest BCUT2D eigenvalue weighted by Gasteiger charge is -2.12. The number of aliphatic hydroxyl groups is 1. The van der Waals surface area contributed by atoms with Gasteiger partial charge >= 0.3 is 0 Å². The molecule has 0 amide bonds. The highest BCUT2D eigenvalue weighted by molar-refractivity contribution is 7.99. The molecule has 3 aromatic rings. The molecule has 0 fully saturated rings. The summed E-state index contributed by atoms with van der Waals surface area (Å²) in [5, 5.41) is 19.6. The number of benzene rings is 2. The Morgan fingerprint density at radius 1 is 1.13 bits per heavy atom. The molecular formula is C18H20N2O2S. The lowest BCUT2D eigenvalue weighted by atomic mass is 10.1. The lowest BCUT2D eigenvalue weighted by Crippen LogP contribution is -2.18. The van der Waals surface area contributed by atoms with Gasteiger partial charge in [-0.25, -0.2) is 4.98 Å². The molecule has 0 aliphatic rings. The topological polar surface area (TPSA) is 58.3 Å². The zero-order chi connectivity index (χ0) is 16.4. The summed E-state index contributed by atoms with van der Waals surface area (Å²) < 4.78 is 2.00. The minimum Gasteiger partial charge on any atom is -0.508 e. The van der Waals surface area contributed by atoms with Crippen LogP contribution < -0.4 is 0 Å². The van der Waals surface area contributed by atoms with E-state index in [1.54, 1.807) is 30.2 Å². The van der Waals surface area contributed by atoms with Gasteiger partial charge in [-0.2, -0.15) is 0 Å². The predicted octanol–water partition coefficient (Wildman–Crippen LogP) is 3.51.